The number of pyridine rings is 1. The zero-order valence-electron chi connectivity index (χ0n) is 16.9. The molecule has 0 unspecified atom stereocenters. The first-order valence-electron chi connectivity index (χ1n) is 10.4. The molecule has 0 amide bonds. The van der Waals surface area contributed by atoms with Gasteiger partial charge in [-0.3, -0.25) is 4.98 Å². The van der Waals surface area contributed by atoms with Crippen molar-refractivity contribution in [2.24, 2.45) is 0 Å². The Morgan fingerprint density at radius 3 is 2.71 bits per heavy atom. The maximum Gasteiger partial charge on any atom is 0.170 e. The third kappa shape index (κ3) is 4.08. The maximum absolute atomic E-state index is 5.74. The first-order chi connectivity index (χ1) is 13.6. The van der Waals surface area contributed by atoms with Crippen LogP contribution in [0, 0.1) is 0 Å². The van der Waals surface area contributed by atoms with Gasteiger partial charge in [-0.1, -0.05) is 25.3 Å². The van der Waals surface area contributed by atoms with Crippen molar-refractivity contribution in [2.45, 2.75) is 50.2 Å². The second-order valence-corrected chi connectivity index (χ2v) is 8.69. The van der Waals surface area contributed by atoms with Crippen LogP contribution in [0.2, 0.25) is 0 Å². The lowest BCUT2D eigenvalue weighted by Gasteiger charge is -2.28. The van der Waals surface area contributed by atoms with Gasteiger partial charge in [0.1, 0.15) is 0 Å². The summed E-state index contributed by atoms with van der Waals surface area (Å²) < 4.78 is 2.44. The number of rotatable bonds is 6. The summed E-state index contributed by atoms with van der Waals surface area (Å²) in [6.45, 7) is 1.87. The van der Waals surface area contributed by atoms with Crippen LogP contribution in [0.3, 0.4) is 0 Å². The highest BCUT2D eigenvalue weighted by atomic mass is 32.1. The van der Waals surface area contributed by atoms with Crippen molar-refractivity contribution in [3.8, 4) is 0 Å². The van der Waals surface area contributed by atoms with E-state index < -0.39 is 0 Å². The average molecular weight is 398 g/mol. The second kappa shape index (κ2) is 8.62. The van der Waals surface area contributed by atoms with Gasteiger partial charge in [-0.2, -0.15) is 0 Å². The largest absolute Gasteiger partial charge is 0.352 e. The van der Waals surface area contributed by atoms with Gasteiger partial charge in [0, 0.05) is 37.7 Å². The van der Waals surface area contributed by atoms with E-state index in [1.165, 1.54) is 37.7 Å². The minimum Gasteiger partial charge on any atom is -0.352 e. The molecule has 2 aliphatic rings. The highest BCUT2D eigenvalue weighted by Gasteiger charge is 2.40. The third-order valence-corrected chi connectivity index (χ3v) is 6.41. The van der Waals surface area contributed by atoms with E-state index in [1.54, 1.807) is 0 Å². The monoisotopic (exact) mass is 397 g/mol. The summed E-state index contributed by atoms with van der Waals surface area (Å²) >= 11 is 5.74. The average Bonchev–Trinajstić information content (AvgIpc) is 3.32. The smallest absolute Gasteiger partial charge is 0.170 e. The fourth-order valence-electron chi connectivity index (χ4n) is 4.53. The standard InChI is InChI=1S/C22H31N5S/c1-25(2)14-15-27-21(20(24-22(27)28)19-10-6-7-12-23-19)17-11-13-26(16-17)18-8-4-3-5-9-18/h6-7,10-13,16,18,20-21H,3-5,8-9,14-15H2,1-2H3,(H,24,28)/t20-,21+/m1/s1. The van der Waals surface area contributed by atoms with E-state index in [-0.39, 0.29) is 12.1 Å². The summed E-state index contributed by atoms with van der Waals surface area (Å²) in [5.74, 6) is 0. The first-order valence-corrected chi connectivity index (χ1v) is 10.8. The number of likely N-dealkylation sites (N-methyl/N-ethyl adjacent to an activating group) is 1. The molecule has 1 saturated heterocycles. The van der Waals surface area contributed by atoms with Gasteiger partial charge < -0.3 is 19.7 Å². The number of thiocarbonyl (C=S) groups is 1. The minimum absolute atomic E-state index is 0.0815. The van der Waals surface area contributed by atoms with Crippen LogP contribution >= 0.6 is 12.2 Å². The molecule has 1 saturated carbocycles. The Balaban J connectivity index is 1.63. The fourth-order valence-corrected chi connectivity index (χ4v) is 4.86. The van der Waals surface area contributed by atoms with Crippen LogP contribution in [0.4, 0.5) is 0 Å². The lowest BCUT2D eigenvalue weighted by Crippen LogP contribution is -2.35. The quantitative estimate of drug-likeness (QED) is 0.748. The Morgan fingerprint density at radius 1 is 1.18 bits per heavy atom. The molecular weight excluding hydrogens is 366 g/mol. The summed E-state index contributed by atoms with van der Waals surface area (Å²) in [7, 11) is 4.22. The van der Waals surface area contributed by atoms with Gasteiger partial charge in [0.05, 0.1) is 17.8 Å². The predicted molar refractivity (Wildman–Crippen MR) is 117 cm³/mol. The molecule has 5 nitrogen and oxygen atoms in total. The lowest BCUT2D eigenvalue weighted by molar-refractivity contribution is 0.277. The van der Waals surface area contributed by atoms with Gasteiger partial charge in [-0.15, -0.1) is 0 Å². The molecule has 0 radical (unpaired) electrons. The van der Waals surface area contributed by atoms with Crippen molar-refractivity contribution in [3.63, 3.8) is 0 Å². The molecule has 6 heteroatoms. The highest BCUT2D eigenvalue weighted by molar-refractivity contribution is 7.80. The van der Waals surface area contributed by atoms with Crippen molar-refractivity contribution >= 4 is 17.3 Å². The van der Waals surface area contributed by atoms with Crippen LogP contribution in [0.25, 0.3) is 0 Å². The van der Waals surface area contributed by atoms with Gasteiger partial charge in [-0.05, 0) is 62.9 Å². The van der Waals surface area contributed by atoms with E-state index in [0.717, 1.165) is 23.9 Å². The van der Waals surface area contributed by atoms with Gasteiger partial charge in [0.25, 0.3) is 0 Å². The van der Waals surface area contributed by atoms with Crippen LogP contribution < -0.4 is 5.32 Å². The molecule has 0 bridgehead atoms. The molecular formula is C22H31N5S. The van der Waals surface area contributed by atoms with Gasteiger partial charge in [0.2, 0.25) is 0 Å². The van der Waals surface area contributed by atoms with E-state index in [2.05, 4.69) is 69.4 Å². The van der Waals surface area contributed by atoms with Gasteiger partial charge in [0.15, 0.2) is 5.11 Å². The molecule has 1 N–H and O–H groups in total. The molecule has 0 spiro atoms. The maximum atomic E-state index is 5.74. The second-order valence-electron chi connectivity index (χ2n) is 8.31. The number of hydrogen-bond acceptors (Lipinski definition) is 3. The SMILES string of the molecule is CN(C)CCN1C(=S)N[C@H](c2ccccn2)[C@@H]1c1ccn(C2CCCCC2)c1. The summed E-state index contributed by atoms with van der Waals surface area (Å²) in [5.41, 5.74) is 2.37. The summed E-state index contributed by atoms with van der Waals surface area (Å²) in [6, 6.07) is 9.31. The van der Waals surface area contributed by atoms with Gasteiger partial charge in [-0.25, -0.2) is 0 Å². The molecule has 2 aromatic rings. The Kier molecular flexibility index (Phi) is 5.97. The topological polar surface area (TPSA) is 36.3 Å². The summed E-state index contributed by atoms with van der Waals surface area (Å²) in [5, 5.41) is 4.38. The van der Waals surface area contributed by atoms with E-state index in [1.807, 2.05) is 12.3 Å². The molecule has 2 fully saturated rings. The molecule has 2 atom stereocenters. The zero-order valence-corrected chi connectivity index (χ0v) is 17.7. The predicted octanol–water partition coefficient (Wildman–Crippen LogP) is 3.92. The molecule has 1 aliphatic carbocycles. The number of nitrogens with one attached hydrogen (secondary N) is 1. The molecule has 2 aromatic heterocycles. The first kappa shape index (κ1) is 19.4. The minimum atomic E-state index is 0.0815. The zero-order chi connectivity index (χ0) is 19.5. The van der Waals surface area contributed by atoms with E-state index in [0.29, 0.717) is 6.04 Å². The molecule has 1 aliphatic heterocycles. The Morgan fingerprint density at radius 2 is 2.00 bits per heavy atom. The third-order valence-electron chi connectivity index (χ3n) is 6.06. The van der Waals surface area contributed by atoms with Crippen LogP contribution in [-0.2, 0) is 0 Å². The Hall–Kier alpha value is -1.92. The molecule has 0 aromatic carbocycles. The van der Waals surface area contributed by atoms with Crippen LogP contribution in [0.15, 0.2) is 42.9 Å². The van der Waals surface area contributed by atoms with E-state index in [9.17, 15) is 0 Å². The molecule has 28 heavy (non-hydrogen) atoms. The normalized spacial score (nSPS) is 23.4. The van der Waals surface area contributed by atoms with Crippen molar-refractivity contribution in [2.75, 3.05) is 27.2 Å². The van der Waals surface area contributed by atoms with Crippen molar-refractivity contribution in [3.05, 3.63) is 54.1 Å². The van der Waals surface area contributed by atoms with E-state index in [4.69, 9.17) is 12.2 Å². The number of nitrogens with zero attached hydrogens (tertiary/aromatic N) is 4. The van der Waals surface area contributed by atoms with Crippen LogP contribution in [0.5, 0.6) is 0 Å². The molecule has 150 valence electrons. The Bertz CT molecular complexity index is 781. The van der Waals surface area contributed by atoms with Crippen LogP contribution in [-0.4, -0.2) is 51.6 Å². The number of aromatic nitrogens is 2. The summed E-state index contributed by atoms with van der Waals surface area (Å²) in [6.07, 6.45) is 13.2. The molecule has 3 heterocycles. The number of hydrogen-bond donors (Lipinski definition) is 1. The van der Waals surface area contributed by atoms with Crippen molar-refractivity contribution in [1.82, 2.24) is 24.7 Å². The lowest BCUT2D eigenvalue weighted by atomic mass is 9.95. The van der Waals surface area contributed by atoms with Crippen molar-refractivity contribution in [1.29, 1.82) is 0 Å². The Labute approximate surface area is 173 Å². The van der Waals surface area contributed by atoms with Crippen LogP contribution in [0.1, 0.15) is 61.5 Å². The van der Waals surface area contributed by atoms with E-state index >= 15 is 0 Å². The molecule has 4 rings (SSSR count). The van der Waals surface area contributed by atoms with Gasteiger partial charge >= 0.3 is 0 Å². The summed E-state index contributed by atoms with van der Waals surface area (Å²) in [4.78, 5) is 9.18. The highest BCUT2D eigenvalue weighted by Crippen LogP contribution is 2.39. The fraction of sp³-hybridized carbons (Fsp3) is 0.545. The van der Waals surface area contributed by atoms with Crippen molar-refractivity contribution < 1.29 is 0 Å².